The highest BCUT2D eigenvalue weighted by Gasteiger charge is 2.35. The van der Waals surface area contributed by atoms with Gasteiger partial charge in [0.15, 0.2) is 0 Å². The lowest BCUT2D eigenvalue weighted by atomic mass is 9.70. The second-order valence-electron chi connectivity index (χ2n) is 6.96. The highest BCUT2D eigenvalue weighted by atomic mass is 32.1. The Bertz CT molecular complexity index is 378. The van der Waals surface area contributed by atoms with E-state index in [0.29, 0.717) is 11.5 Å². The van der Waals surface area contributed by atoms with Gasteiger partial charge in [0.25, 0.3) is 0 Å². The summed E-state index contributed by atoms with van der Waals surface area (Å²) in [5, 5.41) is 2.18. The molecule has 2 rings (SSSR count). The fraction of sp³-hybridized carbons (Fsp3) is 0.765. The third-order valence-corrected chi connectivity index (χ3v) is 5.84. The number of thiophene rings is 1. The molecule has 1 saturated carbocycles. The van der Waals surface area contributed by atoms with Gasteiger partial charge in [-0.05, 0) is 56.0 Å². The van der Waals surface area contributed by atoms with Crippen molar-refractivity contribution in [3.8, 4) is 0 Å². The minimum Gasteiger partial charge on any atom is -0.330 e. The van der Waals surface area contributed by atoms with E-state index in [0.717, 1.165) is 25.6 Å². The average Bonchev–Trinajstić information content (AvgIpc) is 2.94. The molecule has 1 fully saturated rings. The van der Waals surface area contributed by atoms with Gasteiger partial charge in [-0.1, -0.05) is 25.8 Å². The van der Waals surface area contributed by atoms with Crippen molar-refractivity contribution in [3.63, 3.8) is 0 Å². The standard InChI is InChI=1S/C17H30N2S/c1-14(2)19(11-16-5-4-10-20-16)13-17(12-18)8-6-15(3)7-9-17/h4-5,10,14-15H,6-9,11-13,18H2,1-3H3. The molecule has 1 aliphatic carbocycles. The quantitative estimate of drug-likeness (QED) is 0.855. The maximum atomic E-state index is 6.18. The molecule has 0 aromatic carbocycles. The molecule has 1 aliphatic rings. The van der Waals surface area contributed by atoms with Crippen LogP contribution in [0.5, 0.6) is 0 Å². The van der Waals surface area contributed by atoms with Crippen LogP contribution in [0.25, 0.3) is 0 Å². The summed E-state index contributed by atoms with van der Waals surface area (Å²) in [7, 11) is 0. The van der Waals surface area contributed by atoms with Gasteiger partial charge in [0.1, 0.15) is 0 Å². The van der Waals surface area contributed by atoms with Crippen LogP contribution in [-0.2, 0) is 6.54 Å². The van der Waals surface area contributed by atoms with Crippen molar-refractivity contribution in [3.05, 3.63) is 22.4 Å². The van der Waals surface area contributed by atoms with E-state index in [-0.39, 0.29) is 0 Å². The van der Waals surface area contributed by atoms with E-state index in [1.54, 1.807) is 0 Å². The normalized spacial score (nSPS) is 27.4. The first kappa shape index (κ1) is 16.0. The SMILES string of the molecule is CC1CCC(CN)(CN(Cc2cccs2)C(C)C)CC1. The first-order valence-electron chi connectivity index (χ1n) is 8.01. The molecule has 114 valence electrons. The molecule has 0 atom stereocenters. The summed E-state index contributed by atoms with van der Waals surface area (Å²) in [6.45, 7) is 10.1. The molecule has 0 saturated heterocycles. The molecule has 1 heterocycles. The fourth-order valence-corrected chi connectivity index (χ4v) is 3.99. The van der Waals surface area contributed by atoms with Crippen LogP contribution >= 0.6 is 11.3 Å². The smallest absolute Gasteiger partial charge is 0.0330 e. The number of rotatable bonds is 6. The van der Waals surface area contributed by atoms with Gasteiger partial charge in [-0.2, -0.15) is 0 Å². The maximum absolute atomic E-state index is 6.18. The van der Waals surface area contributed by atoms with Gasteiger partial charge < -0.3 is 5.73 Å². The average molecular weight is 295 g/mol. The highest BCUT2D eigenvalue weighted by molar-refractivity contribution is 7.09. The van der Waals surface area contributed by atoms with Crippen LogP contribution < -0.4 is 5.73 Å². The Morgan fingerprint density at radius 2 is 2.10 bits per heavy atom. The molecule has 0 radical (unpaired) electrons. The lowest BCUT2D eigenvalue weighted by molar-refractivity contribution is 0.0736. The Balaban J connectivity index is 2.02. The predicted octanol–water partition coefficient (Wildman–Crippen LogP) is 4.11. The molecule has 2 nitrogen and oxygen atoms in total. The third kappa shape index (κ3) is 4.06. The molecule has 1 aromatic rings. The molecule has 0 aliphatic heterocycles. The summed E-state index contributed by atoms with van der Waals surface area (Å²) in [5.41, 5.74) is 6.54. The monoisotopic (exact) mass is 294 g/mol. The third-order valence-electron chi connectivity index (χ3n) is 4.98. The van der Waals surface area contributed by atoms with Crippen molar-refractivity contribution in [2.75, 3.05) is 13.1 Å². The molecule has 0 bridgehead atoms. The topological polar surface area (TPSA) is 29.3 Å². The van der Waals surface area contributed by atoms with Gasteiger partial charge >= 0.3 is 0 Å². The highest BCUT2D eigenvalue weighted by Crippen LogP contribution is 2.39. The zero-order valence-corrected chi connectivity index (χ0v) is 14.1. The molecule has 20 heavy (non-hydrogen) atoms. The van der Waals surface area contributed by atoms with E-state index in [2.05, 4.69) is 43.2 Å². The Labute approximate surface area is 128 Å². The second-order valence-corrected chi connectivity index (χ2v) is 8.00. The van der Waals surface area contributed by atoms with Gasteiger partial charge in [0, 0.05) is 24.0 Å². The minimum atomic E-state index is 0.355. The summed E-state index contributed by atoms with van der Waals surface area (Å²) in [6.07, 6.45) is 5.31. The van der Waals surface area contributed by atoms with Gasteiger partial charge in [-0.15, -0.1) is 11.3 Å². The second kappa shape index (κ2) is 7.06. The molecule has 0 amide bonds. The van der Waals surface area contributed by atoms with Gasteiger partial charge in [0.2, 0.25) is 0 Å². The van der Waals surface area contributed by atoms with Crippen LogP contribution in [0.2, 0.25) is 0 Å². The fourth-order valence-electron chi connectivity index (χ4n) is 3.26. The molecular weight excluding hydrogens is 264 g/mol. The molecule has 1 aromatic heterocycles. The van der Waals surface area contributed by atoms with Crippen molar-refractivity contribution in [1.29, 1.82) is 0 Å². The molecular formula is C17H30N2S. The van der Waals surface area contributed by atoms with Crippen LogP contribution in [-0.4, -0.2) is 24.0 Å². The summed E-state index contributed by atoms with van der Waals surface area (Å²) in [6, 6.07) is 4.98. The van der Waals surface area contributed by atoms with Crippen LogP contribution in [0, 0.1) is 11.3 Å². The van der Waals surface area contributed by atoms with Crippen molar-refractivity contribution in [2.24, 2.45) is 17.1 Å². The Morgan fingerprint density at radius 3 is 2.60 bits per heavy atom. The zero-order chi connectivity index (χ0) is 14.6. The van der Waals surface area contributed by atoms with Crippen LogP contribution in [0.4, 0.5) is 0 Å². The number of hydrogen-bond acceptors (Lipinski definition) is 3. The van der Waals surface area contributed by atoms with Crippen molar-refractivity contribution in [1.82, 2.24) is 4.90 Å². The van der Waals surface area contributed by atoms with Crippen LogP contribution in [0.15, 0.2) is 17.5 Å². The van der Waals surface area contributed by atoms with E-state index in [1.807, 2.05) is 11.3 Å². The van der Waals surface area contributed by atoms with E-state index in [4.69, 9.17) is 5.73 Å². The molecule has 2 N–H and O–H groups in total. The minimum absolute atomic E-state index is 0.355. The molecule has 3 heteroatoms. The van der Waals surface area contributed by atoms with E-state index < -0.39 is 0 Å². The molecule has 0 spiro atoms. The first-order chi connectivity index (χ1) is 9.54. The molecule has 0 unspecified atom stereocenters. The summed E-state index contributed by atoms with van der Waals surface area (Å²) in [4.78, 5) is 4.09. The van der Waals surface area contributed by atoms with Crippen LogP contribution in [0.3, 0.4) is 0 Å². The lowest BCUT2D eigenvalue weighted by Crippen LogP contribution is -2.46. The van der Waals surface area contributed by atoms with Gasteiger partial charge in [-0.25, -0.2) is 0 Å². The summed E-state index contributed by atoms with van der Waals surface area (Å²) < 4.78 is 0. The van der Waals surface area contributed by atoms with Crippen molar-refractivity contribution in [2.45, 2.75) is 59.0 Å². The van der Waals surface area contributed by atoms with Crippen molar-refractivity contribution < 1.29 is 0 Å². The zero-order valence-electron chi connectivity index (χ0n) is 13.3. The number of hydrogen-bond donors (Lipinski definition) is 1. The van der Waals surface area contributed by atoms with Crippen molar-refractivity contribution >= 4 is 11.3 Å². The largest absolute Gasteiger partial charge is 0.330 e. The van der Waals surface area contributed by atoms with E-state index >= 15 is 0 Å². The van der Waals surface area contributed by atoms with E-state index in [1.165, 1.54) is 30.6 Å². The Hall–Kier alpha value is -0.380. The van der Waals surface area contributed by atoms with E-state index in [9.17, 15) is 0 Å². The first-order valence-corrected chi connectivity index (χ1v) is 8.89. The predicted molar refractivity (Wildman–Crippen MR) is 89.0 cm³/mol. The number of nitrogens with two attached hydrogens (primary N) is 1. The lowest BCUT2D eigenvalue weighted by Gasteiger charge is -2.43. The Kier molecular flexibility index (Phi) is 5.65. The summed E-state index contributed by atoms with van der Waals surface area (Å²) >= 11 is 1.86. The summed E-state index contributed by atoms with van der Waals surface area (Å²) in [5.74, 6) is 0.888. The number of nitrogens with zero attached hydrogens (tertiary/aromatic N) is 1. The van der Waals surface area contributed by atoms with Gasteiger partial charge in [0.05, 0.1) is 0 Å². The van der Waals surface area contributed by atoms with Gasteiger partial charge in [-0.3, -0.25) is 4.90 Å². The Morgan fingerprint density at radius 1 is 1.40 bits per heavy atom. The van der Waals surface area contributed by atoms with Crippen LogP contribution in [0.1, 0.15) is 51.3 Å². The maximum Gasteiger partial charge on any atom is 0.0330 e.